The molecule has 132 valence electrons. The minimum absolute atomic E-state index is 0.00142. The molecule has 2 saturated heterocycles. The second kappa shape index (κ2) is 7.49. The quantitative estimate of drug-likeness (QED) is 0.854. The average molecular weight is 333 g/mol. The summed E-state index contributed by atoms with van der Waals surface area (Å²) >= 11 is 0. The Bertz CT molecular complexity index is 585. The second-order valence-corrected chi connectivity index (χ2v) is 7.08. The fourth-order valence-corrected chi connectivity index (χ4v) is 3.85. The van der Waals surface area contributed by atoms with Crippen molar-refractivity contribution in [3.8, 4) is 5.75 Å². The first-order valence-corrected chi connectivity index (χ1v) is 8.81. The number of hydrogen-bond donors (Lipinski definition) is 2. The zero-order valence-corrected chi connectivity index (χ0v) is 14.3. The molecule has 0 aliphatic carbocycles. The summed E-state index contributed by atoms with van der Waals surface area (Å²) in [7, 11) is 0. The molecule has 0 radical (unpaired) electrons. The van der Waals surface area contributed by atoms with Gasteiger partial charge in [-0.25, -0.2) is 0 Å². The molecule has 24 heavy (non-hydrogen) atoms. The summed E-state index contributed by atoms with van der Waals surface area (Å²) in [6.45, 7) is 5.23. The maximum atomic E-state index is 11.5. The predicted molar refractivity (Wildman–Crippen MR) is 90.3 cm³/mol. The third-order valence-electron chi connectivity index (χ3n) is 5.31. The van der Waals surface area contributed by atoms with Crippen LogP contribution in [0.25, 0.3) is 0 Å². The molecule has 0 spiro atoms. The molecule has 3 rings (SSSR count). The van der Waals surface area contributed by atoms with Crippen LogP contribution in [0.15, 0.2) is 12.1 Å². The highest BCUT2D eigenvalue weighted by atomic mass is 16.5. The number of piperidine rings is 1. The van der Waals surface area contributed by atoms with Gasteiger partial charge >= 0.3 is 0 Å². The summed E-state index contributed by atoms with van der Waals surface area (Å²) < 4.78 is 5.72. The van der Waals surface area contributed by atoms with Gasteiger partial charge in [0.25, 0.3) is 0 Å². The molecule has 0 saturated carbocycles. The van der Waals surface area contributed by atoms with Crippen molar-refractivity contribution < 1.29 is 14.6 Å². The highest BCUT2D eigenvalue weighted by Crippen LogP contribution is 2.31. The van der Waals surface area contributed by atoms with Crippen LogP contribution in [0.5, 0.6) is 5.75 Å². The average Bonchev–Trinajstić information content (AvgIpc) is 3.01. The van der Waals surface area contributed by atoms with Crippen molar-refractivity contribution in [2.45, 2.75) is 45.3 Å². The molecule has 2 aliphatic rings. The maximum absolute atomic E-state index is 11.5. The third-order valence-corrected chi connectivity index (χ3v) is 5.31. The maximum Gasteiger partial charge on any atom is 0.223 e. The van der Waals surface area contributed by atoms with Gasteiger partial charge < -0.3 is 15.6 Å². The lowest BCUT2D eigenvalue weighted by molar-refractivity contribution is -0.123. The van der Waals surface area contributed by atoms with Crippen LogP contribution in [0.2, 0.25) is 0 Å². The van der Waals surface area contributed by atoms with Crippen LogP contribution in [-0.2, 0) is 16.1 Å². The Morgan fingerprint density at radius 3 is 2.83 bits per heavy atom. The molecule has 1 aromatic rings. The van der Waals surface area contributed by atoms with Gasteiger partial charge in [0.05, 0.1) is 17.7 Å². The zero-order valence-electron chi connectivity index (χ0n) is 14.3. The van der Waals surface area contributed by atoms with E-state index in [1.54, 1.807) is 6.07 Å². The largest absolute Gasteiger partial charge is 0.506 e. The Labute approximate surface area is 143 Å². The van der Waals surface area contributed by atoms with Crippen LogP contribution in [-0.4, -0.2) is 46.7 Å². The van der Waals surface area contributed by atoms with Gasteiger partial charge in [0, 0.05) is 18.8 Å². The van der Waals surface area contributed by atoms with Gasteiger partial charge in [-0.3, -0.25) is 14.7 Å². The Kier molecular flexibility index (Phi) is 5.36. The van der Waals surface area contributed by atoms with Gasteiger partial charge in [-0.15, -0.1) is 0 Å². The van der Waals surface area contributed by atoms with Crippen molar-refractivity contribution in [2.24, 2.45) is 17.6 Å². The Morgan fingerprint density at radius 2 is 2.12 bits per heavy atom. The van der Waals surface area contributed by atoms with E-state index >= 15 is 0 Å². The summed E-state index contributed by atoms with van der Waals surface area (Å²) in [5.74, 6) is 0.504. The van der Waals surface area contributed by atoms with E-state index in [4.69, 9.17) is 10.5 Å². The molecule has 2 atom stereocenters. The monoisotopic (exact) mass is 333 g/mol. The third kappa shape index (κ3) is 4.05. The lowest BCUT2D eigenvalue weighted by Crippen LogP contribution is -2.37. The van der Waals surface area contributed by atoms with E-state index in [0.717, 1.165) is 50.2 Å². The lowest BCUT2D eigenvalue weighted by atomic mass is 9.86. The molecule has 2 fully saturated rings. The molecule has 0 bridgehead atoms. The number of primary amides is 1. The summed E-state index contributed by atoms with van der Waals surface area (Å²) in [6, 6.07) is 3.54. The van der Waals surface area contributed by atoms with Crippen LogP contribution in [0.4, 0.5) is 0 Å². The first-order chi connectivity index (χ1) is 11.5. The smallest absolute Gasteiger partial charge is 0.223 e. The Hall–Kier alpha value is -1.66. The van der Waals surface area contributed by atoms with E-state index in [1.807, 2.05) is 13.0 Å². The Balaban J connectivity index is 1.49. The normalized spacial score (nSPS) is 25.9. The van der Waals surface area contributed by atoms with Crippen LogP contribution >= 0.6 is 0 Å². The summed E-state index contributed by atoms with van der Waals surface area (Å²) in [4.78, 5) is 18.2. The highest BCUT2D eigenvalue weighted by Gasteiger charge is 2.35. The number of nitrogens with two attached hydrogens (primary N) is 1. The number of aromatic nitrogens is 1. The number of carbonyl (C=O) groups is 1. The van der Waals surface area contributed by atoms with Crippen LogP contribution in [0.3, 0.4) is 0 Å². The van der Waals surface area contributed by atoms with Crippen LogP contribution < -0.4 is 5.73 Å². The number of amides is 1. The van der Waals surface area contributed by atoms with E-state index in [1.165, 1.54) is 0 Å². The molecule has 2 aliphatic heterocycles. The van der Waals surface area contributed by atoms with Crippen molar-refractivity contribution >= 4 is 5.91 Å². The summed E-state index contributed by atoms with van der Waals surface area (Å²) in [5, 5.41) is 9.94. The SMILES string of the molecule is Cc1ccc(O)c(CN2CCC(C[C@H]3OCC[C@H]3C(N)=O)CC2)n1. The van der Waals surface area contributed by atoms with Gasteiger partial charge in [-0.05, 0) is 63.7 Å². The first kappa shape index (κ1) is 17.2. The van der Waals surface area contributed by atoms with Gasteiger partial charge in [-0.2, -0.15) is 0 Å². The number of likely N-dealkylation sites (tertiary alicyclic amines) is 1. The summed E-state index contributed by atoms with van der Waals surface area (Å²) in [5.41, 5.74) is 7.15. The molecule has 3 heterocycles. The molecule has 0 aromatic carbocycles. The topological polar surface area (TPSA) is 88.7 Å². The van der Waals surface area contributed by atoms with Crippen molar-refractivity contribution in [3.05, 3.63) is 23.5 Å². The van der Waals surface area contributed by atoms with E-state index < -0.39 is 0 Å². The van der Waals surface area contributed by atoms with Gasteiger partial charge in [0.15, 0.2) is 0 Å². The first-order valence-electron chi connectivity index (χ1n) is 8.81. The van der Waals surface area contributed by atoms with Crippen molar-refractivity contribution in [2.75, 3.05) is 19.7 Å². The number of nitrogens with zero attached hydrogens (tertiary/aromatic N) is 2. The molecular weight excluding hydrogens is 306 g/mol. The molecular formula is C18H27N3O3. The summed E-state index contributed by atoms with van der Waals surface area (Å²) in [6.07, 6.45) is 3.85. The number of hydrogen-bond acceptors (Lipinski definition) is 5. The minimum atomic E-state index is -0.226. The molecule has 3 N–H and O–H groups in total. The van der Waals surface area contributed by atoms with E-state index in [0.29, 0.717) is 19.1 Å². The number of pyridine rings is 1. The van der Waals surface area contributed by atoms with Crippen LogP contribution in [0, 0.1) is 18.8 Å². The fourth-order valence-electron chi connectivity index (χ4n) is 3.85. The predicted octanol–water partition coefficient (Wildman–Crippen LogP) is 1.59. The zero-order chi connectivity index (χ0) is 17.1. The number of aryl methyl sites for hydroxylation is 1. The molecule has 1 aromatic heterocycles. The number of rotatable bonds is 5. The molecule has 6 heteroatoms. The van der Waals surface area contributed by atoms with Crippen molar-refractivity contribution in [3.63, 3.8) is 0 Å². The van der Waals surface area contributed by atoms with Crippen LogP contribution in [0.1, 0.15) is 37.1 Å². The van der Waals surface area contributed by atoms with Crippen molar-refractivity contribution in [1.29, 1.82) is 0 Å². The molecule has 6 nitrogen and oxygen atoms in total. The standard InChI is InChI=1S/C18H27N3O3/c1-12-2-3-16(22)15(20-12)11-21-7-4-13(5-8-21)10-17-14(18(19)23)6-9-24-17/h2-3,13-14,17,22H,4-11H2,1H3,(H2,19,23)/t14-,17-/m1/s1. The number of ether oxygens (including phenoxy) is 1. The molecule has 1 amide bonds. The van der Waals surface area contributed by atoms with Gasteiger partial charge in [0.2, 0.25) is 5.91 Å². The van der Waals surface area contributed by atoms with Crippen molar-refractivity contribution in [1.82, 2.24) is 9.88 Å². The van der Waals surface area contributed by atoms with E-state index in [-0.39, 0.29) is 23.7 Å². The lowest BCUT2D eigenvalue weighted by Gasteiger charge is -2.33. The van der Waals surface area contributed by atoms with Gasteiger partial charge in [0.1, 0.15) is 5.75 Å². The number of carbonyl (C=O) groups excluding carboxylic acids is 1. The van der Waals surface area contributed by atoms with E-state index in [2.05, 4.69) is 9.88 Å². The highest BCUT2D eigenvalue weighted by molar-refractivity contribution is 5.77. The second-order valence-electron chi connectivity index (χ2n) is 7.08. The number of aromatic hydroxyl groups is 1. The minimum Gasteiger partial charge on any atom is -0.506 e. The Morgan fingerprint density at radius 1 is 1.38 bits per heavy atom. The van der Waals surface area contributed by atoms with E-state index in [9.17, 15) is 9.90 Å². The molecule has 0 unspecified atom stereocenters. The fraction of sp³-hybridized carbons (Fsp3) is 0.667. The van der Waals surface area contributed by atoms with Gasteiger partial charge in [-0.1, -0.05) is 0 Å².